The Morgan fingerprint density at radius 1 is 1.56 bits per heavy atom. The summed E-state index contributed by atoms with van der Waals surface area (Å²) < 4.78 is 0. The monoisotopic (exact) mass is 254 g/mol. The van der Waals surface area contributed by atoms with Crippen LogP contribution in [0.4, 0.5) is 4.79 Å². The van der Waals surface area contributed by atoms with Crippen molar-refractivity contribution in [2.45, 2.75) is 32.7 Å². The average molecular weight is 254 g/mol. The zero-order chi connectivity index (χ0) is 13.7. The SMILES string of the molecule is C=CCC(NC(=O)N1CCC(C(C)C)C1)C(=O)O. The number of urea groups is 1. The van der Waals surface area contributed by atoms with Crippen LogP contribution in [0.2, 0.25) is 0 Å². The minimum Gasteiger partial charge on any atom is -0.480 e. The second-order valence-electron chi connectivity index (χ2n) is 5.10. The molecule has 0 saturated carbocycles. The summed E-state index contributed by atoms with van der Waals surface area (Å²) in [6.07, 6.45) is 2.73. The van der Waals surface area contributed by atoms with Gasteiger partial charge in [-0.05, 0) is 24.7 Å². The van der Waals surface area contributed by atoms with E-state index in [1.165, 1.54) is 6.08 Å². The highest BCUT2D eigenvalue weighted by Crippen LogP contribution is 2.23. The topological polar surface area (TPSA) is 69.6 Å². The zero-order valence-electron chi connectivity index (χ0n) is 11.1. The first-order valence-electron chi connectivity index (χ1n) is 6.34. The summed E-state index contributed by atoms with van der Waals surface area (Å²) in [5.74, 6) is 0.0348. The van der Waals surface area contributed by atoms with E-state index >= 15 is 0 Å². The summed E-state index contributed by atoms with van der Waals surface area (Å²) >= 11 is 0. The molecule has 2 amide bonds. The molecule has 2 N–H and O–H groups in total. The Morgan fingerprint density at radius 3 is 2.67 bits per heavy atom. The third-order valence-electron chi connectivity index (χ3n) is 3.45. The van der Waals surface area contributed by atoms with Gasteiger partial charge in [0.1, 0.15) is 6.04 Å². The molecule has 18 heavy (non-hydrogen) atoms. The summed E-state index contributed by atoms with van der Waals surface area (Å²) in [7, 11) is 0. The number of aliphatic carboxylic acids is 1. The van der Waals surface area contributed by atoms with E-state index in [2.05, 4.69) is 25.7 Å². The molecule has 5 heteroatoms. The molecule has 1 aliphatic rings. The first kappa shape index (κ1) is 14.5. The van der Waals surface area contributed by atoms with Crippen molar-refractivity contribution in [1.82, 2.24) is 10.2 Å². The van der Waals surface area contributed by atoms with E-state index in [-0.39, 0.29) is 12.5 Å². The number of carboxylic acids is 1. The van der Waals surface area contributed by atoms with Gasteiger partial charge in [-0.3, -0.25) is 0 Å². The van der Waals surface area contributed by atoms with E-state index in [9.17, 15) is 9.59 Å². The van der Waals surface area contributed by atoms with Gasteiger partial charge in [0, 0.05) is 13.1 Å². The van der Waals surface area contributed by atoms with Crippen LogP contribution in [0.5, 0.6) is 0 Å². The van der Waals surface area contributed by atoms with E-state index in [1.54, 1.807) is 4.90 Å². The molecule has 1 heterocycles. The fourth-order valence-corrected chi connectivity index (χ4v) is 2.14. The number of rotatable bonds is 5. The molecule has 2 unspecified atom stereocenters. The molecule has 0 radical (unpaired) electrons. The van der Waals surface area contributed by atoms with Crippen LogP contribution in [0.15, 0.2) is 12.7 Å². The van der Waals surface area contributed by atoms with Gasteiger partial charge >= 0.3 is 12.0 Å². The van der Waals surface area contributed by atoms with Crippen LogP contribution in [0.1, 0.15) is 26.7 Å². The molecule has 0 aromatic rings. The van der Waals surface area contributed by atoms with Crippen molar-refractivity contribution in [1.29, 1.82) is 0 Å². The van der Waals surface area contributed by atoms with E-state index in [0.717, 1.165) is 6.42 Å². The molecule has 1 saturated heterocycles. The third-order valence-corrected chi connectivity index (χ3v) is 3.45. The summed E-state index contributed by atoms with van der Waals surface area (Å²) in [4.78, 5) is 24.5. The quantitative estimate of drug-likeness (QED) is 0.734. The van der Waals surface area contributed by atoms with Crippen LogP contribution < -0.4 is 5.32 Å². The minimum atomic E-state index is -1.03. The van der Waals surface area contributed by atoms with Crippen molar-refractivity contribution in [2.24, 2.45) is 11.8 Å². The van der Waals surface area contributed by atoms with Gasteiger partial charge in [0.25, 0.3) is 0 Å². The van der Waals surface area contributed by atoms with Crippen molar-refractivity contribution >= 4 is 12.0 Å². The fourth-order valence-electron chi connectivity index (χ4n) is 2.14. The smallest absolute Gasteiger partial charge is 0.326 e. The molecule has 0 aromatic heterocycles. The van der Waals surface area contributed by atoms with E-state index in [4.69, 9.17) is 5.11 Å². The fraction of sp³-hybridized carbons (Fsp3) is 0.692. The van der Waals surface area contributed by atoms with Crippen molar-refractivity contribution in [3.05, 3.63) is 12.7 Å². The molecular formula is C13H22N2O3. The number of likely N-dealkylation sites (tertiary alicyclic amines) is 1. The van der Waals surface area contributed by atoms with Crippen molar-refractivity contribution in [3.63, 3.8) is 0 Å². The summed E-state index contributed by atoms with van der Waals surface area (Å²) in [5, 5.41) is 11.5. The lowest BCUT2D eigenvalue weighted by Gasteiger charge is -2.21. The number of carbonyl (C=O) groups excluding carboxylic acids is 1. The summed E-state index contributed by atoms with van der Waals surface area (Å²) in [5.41, 5.74) is 0. The molecule has 2 atom stereocenters. The van der Waals surface area contributed by atoms with Gasteiger partial charge < -0.3 is 15.3 Å². The Bertz CT molecular complexity index is 328. The lowest BCUT2D eigenvalue weighted by molar-refractivity contribution is -0.139. The predicted octanol–water partition coefficient (Wildman–Crippen LogP) is 1.70. The Hall–Kier alpha value is -1.52. The summed E-state index contributed by atoms with van der Waals surface area (Å²) in [6.45, 7) is 9.20. The first-order chi connectivity index (χ1) is 8.45. The Balaban J connectivity index is 2.50. The van der Waals surface area contributed by atoms with Crippen LogP contribution in [-0.2, 0) is 4.79 Å². The van der Waals surface area contributed by atoms with E-state index in [0.29, 0.717) is 24.9 Å². The highest BCUT2D eigenvalue weighted by Gasteiger charge is 2.29. The van der Waals surface area contributed by atoms with Gasteiger partial charge in [-0.2, -0.15) is 0 Å². The second-order valence-corrected chi connectivity index (χ2v) is 5.10. The van der Waals surface area contributed by atoms with Crippen LogP contribution in [-0.4, -0.2) is 41.1 Å². The largest absolute Gasteiger partial charge is 0.480 e. The lowest BCUT2D eigenvalue weighted by Crippen LogP contribution is -2.47. The maximum absolute atomic E-state index is 11.9. The van der Waals surface area contributed by atoms with Gasteiger partial charge in [0.05, 0.1) is 0 Å². The van der Waals surface area contributed by atoms with E-state index < -0.39 is 12.0 Å². The molecule has 102 valence electrons. The lowest BCUT2D eigenvalue weighted by atomic mass is 9.95. The van der Waals surface area contributed by atoms with Crippen LogP contribution in [0.25, 0.3) is 0 Å². The van der Waals surface area contributed by atoms with Gasteiger partial charge in [-0.1, -0.05) is 19.9 Å². The average Bonchev–Trinajstić information content (AvgIpc) is 2.77. The number of nitrogens with zero attached hydrogens (tertiary/aromatic N) is 1. The molecule has 0 aromatic carbocycles. The van der Waals surface area contributed by atoms with Gasteiger partial charge in [-0.15, -0.1) is 6.58 Å². The Labute approximate surface area is 108 Å². The van der Waals surface area contributed by atoms with E-state index in [1.807, 2.05) is 0 Å². The van der Waals surface area contributed by atoms with Crippen molar-refractivity contribution < 1.29 is 14.7 Å². The number of carbonyl (C=O) groups is 2. The highest BCUT2D eigenvalue weighted by atomic mass is 16.4. The van der Waals surface area contributed by atoms with Gasteiger partial charge in [0.2, 0.25) is 0 Å². The predicted molar refractivity (Wildman–Crippen MR) is 69.3 cm³/mol. The minimum absolute atomic E-state index is 0.239. The molecular weight excluding hydrogens is 232 g/mol. The molecule has 0 aliphatic carbocycles. The first-order valence-corrected chi connectivity index (χ1v) is 6.34. The third kappa shape index (κ3) is 3.75. The molecule has 0 spiro atoms. The maximum Gasteiger partial charge on any atom is 0.326 e. The Morgan fingerprint density at radius 2 is 2.22 bits per heavy atom. The van der Waals surface area contributed by atoms with Gasteiger partial charge in [-0.25, -0.2) is 9.59 Å². The maximum atomic E-state index is 11.9. The van der Waals surface area contributed by atoms with Crippen LogP contribution >= 0.6 is 0 Å². The normalized spacial score (nSPS) is 20.8. The molecule has 1 rings (SSSR count). The van der Waals surface area contributed by atoms with Crippen molar-refractivity contribution in [3.8, 4) is 0 Å². The number of amides is 2. The van der Waals surface area contributed by atoms with Crippen LogP contribution in [0.3, 0.4) is 0 Å². The van der Waals surface area contributed by atoms with Crippen molar-refractivity contribution in [2.75, 3.05) is 13.1 Å². The van der Waals surface area contributed by atoms with Gasteiger partial charge in [0.15, 0.2) is 0 Å². The number of hydrogen-bond donors (Lipinski definition) is 2. The molecule has 1 aliphatic heterocycles. The second kappa shape index (κ2) is 6.42. The number of carboxylic acid groups (broad SMARTS) is 1. The number of nitrogens with one attached hydrogen (secondary N) is 1. The highest BCUT2D eigenvalue weighted by molar-refractivity contribution is 5.82. The molecule has 5 nitrogen and oxygen atoms in total. The zero-order valence-corrected chi connectivity index (χ0v) is 11.1. The number of hydrogen-bond acceptors (Lipinski definition) is 2. The Kier molecular flexibility index (Phi) is 5.19. The standard InChI is InChI=1S/C13H22N2O3/c1-4-5-11(12(16)17)14-13(18)15-7-6-10(8-15)9(2)3/h4,9-11H,1,5-8H2,2-3H3,(H,14,18)(H,16,17). The molecule has 0 bridgehead atoms. The van der Waals surface area contributed by atoms with Crippen LogP contribution in [0, 0.1) is 11.8 Å². The summed E-state index contributed by atoms with van der Waals surface area (Å²) in [6, 6.07) is -1.17. The molecule has 1 fully saturated rings.